The highest BCUT2D eigenvalue weighted by Gasteiger charge is 2.21. The van der Waals surface area contributed by atoms with Crippen LogP contribution in [-0.2, 0) is 19.4 Å². The fraction of sp³-hybridized carbons (Fsp3) is 0.789. The minimum absolute atomic E-state index is 0. The van der Waals surface area contributed by atoms with Gasteiger partial charge in [-0.25, -0.2) is 4.99 Å². The molecule has 1 atom stereocenters. The Bertz CT molecular complexity index is 525. The lowest BCUT2D eigenvalue weighted by Gasteiger charge is -2.17. The van der Waals surface area contributed by atoms with Crippen LogP contribution in [0.25, 0.3) is 0 Å². The van der Waals surface area contributed by atoms with Gasteiger partial charge in [-0.15, -0.1) is 24.0 Å². The zero-order chi connectivity index (χ0) is 18.1. The van der Waals surface area contributed by atoms with E-state index in [0.717, 1.165) is 48.9 Å². The van der Waals surface area contributed by atoms with Crippen LogP contribution in [0, 0.1) is 5.92 Å². The van der Waals surface area contributed by atoms with Crippen LogP contribution in [0.1, 0.15) is 57.6 Å². The van der Waals surface area contributed by atoms with Gasteiger partial charge in [0, 0.05) is 31.6 Å². The quantitative estimate of drug-likeness (QED) is 0.325. The Balaban J connectivity index is 0.00000338. The second-order valence-corrected chi connectivity index (χ2v) is 6.77. The van der Waals surface area contributed by atoms with E-state index < -0.39 is 0 Å². The molecule has 6 nitrogen and oxygen atoms in total. The number of aliphatic imine (C=N–C) groups is 1. The normalized spacial score (nSPS) is 18.0. The van der Waals surface area contributed by atoms with Gasteiger partial charge in [0.15, 0.2) is 5.96 Å². The lowest BCUT2D eigenvalue weighted by molar-refractivity contribution is 0.324. The zero-order valence-corrected chi connectivity index (χ0v) is 19.1. The van der Waals surface area contributed by atoms with E-state index in [9.17, 15) is 0 Å². The molecule has 0 spiro atoms. The summed E-state index contributed by atoms with van der Waals surface area (Å²) < 4.78 is 5.44. The lowest BCUT2D eigenvalue weighted by atomic mass is 10.1. The van der Waals surface area contributed by atoms with Crippen molar-refractivity contribution >= 4 is 29.9 Å². The molecular weight excluding hydrogens is 441 g/mol. The summed E-state index contributed by atoms with van der Waals surface area (Å²) in [5.41, 5.74) is 2.18. The highest BCUT2D eigenvalue weighted by atomic mass is 127. The highest BCUT2D eigenvalue weighted by Crippen LogP contribution is 2.17. The van der Waals surface area contributed by atoms with Crippen molar-refractivity contribution in [3.8, 4) is 0 Å². The van der Waals surface area contributed by atoms with Gasteiger partial charge in [-0.3, -0.25) is 0 Å². The SMILES string of the molecule is CCCN1CCC(CNC(=NCc2c(CC)noc2CC)NCC)C1.I. The molecule has 2 heterocycles. The summed E-state index contributed by atoms with van der Waals surface area (Å²) in [7, 11) is 0. The van der Waals surface area contributed by atoms with Crippen molar-refractivity contribution in [2.45, 2.75) is 59.9 Å². The van der Waals surface area contributed by atoms with Crippen molar-refractivity contribution in [3.05, 3.63) is 17.0 Å². The number of halogens is 1. The Labute approximate surface area is 175 Å². The molecule has 1 fully saturated rings. The second-order valence-electron chi connectivity index (χ2n) is 6.77. The van der Waals surface area contributed by atoms with Gasteiger partial charge in [-0.05, 0) is 45.2 Å². The van der Waals surface area contributed by atoms with Crippen LogP contribution in [0.4, 0.5) is 0 Å². The summed E-state index contributed by atoms with van der Waals surface area (Å²) >= 11 is 0. The monoisotopic (exact) mass is 477 g/mol. The Kier molecular flexibility index (Phi) is 11.2. The van der Waals surface area contributed by atoms with Gasteiger partial charge in [-0.2, -0.15) is 0 Å². The molecule has 1 unspecified atom stereocenters. The number of aryl methyl sites for hydroxylation is 2. The Hall–Kier alpha value is -0.830. The van der Waals surface area contributed by atoms with Crippen LogP contribution in [0.15, 0.2) is 9.52 Å². The van der Waals surface area contributed by atoms with E-state index in [1.54, 1.807) is 0 Å². The molecule has 2 N–H and O–H groups in total. The van der Waals surface area contributed by atoms with E-state index in [1.807, 2.05) is 0 Å². The first-order chi connectivity index (χ1) is 12.2. The standard InChI is InChI=1S/C19H35N5O.HI/c1-5-10-24-11-9-15(14-24)12-21-19(20-8-4)22-13-16-17(6-2)23-25-18(16)7-3;/h15H,5-14H2,1-4H3,(H2,20,21,22);1H. The molecule has 0 saturated carbocycles. The Morgan fingerprint density at radius 3 is 2.69 bits per heavy atom. The predicted molar refractivity (Wildman–Crippen MR) is 118 cm³/mol. The average Bonchev–Trinajstić information content (AvgIpc) is 3.23. The van der Waals surface area contributed by atoms with E-state index in [4.69, 9.17) is 9.52 Å². The largest absolute Gasteiger partial charge is 0.361 e. The molecule has 2 rings (SSSR count). The Morgan fingerprint density at radius 1 is 1.23 bits per heavy atom. The van der Waals surface area contributed by atoms with Gasteiger partial charge < -0.3 is 20.1 Å². The van der Waals surface area contributed by atoms with Crippen LogP contribution < -0.4 is 10.6 Å². The number of nitrogens with one attached hydrogen (secondary N) is 2. The molecule has 0 amide bonds. The van der Waals surface area contributed by atoms with Crippen molar-refractivity contribution in [2.24, 2.45) is 10.9 Å². The fourth-order valence-corrected chi connectivity index (χ4v) is 3.46. The van der Waals surface area contributed by atoms with Crippen LogP contribution >= 0.6 is 24.0 Å². The van der Waals surface area contributed by atoms with E-state index in [0.29, 0.717) is 12.5 Å². The summed E-state index contributed by atoms with van der Waals surface area (Å²) in [5.74, 6) is 2.56. The highest BCUT2D eigenvalue weighted by molar-refractivity contribution is 14.0. The third-order valence-electron chi connectivity index (χ3n) is 4.81. The molecule has 7 heteroatoms. The molecule has 0 radical (unpaired) electrons. The molecule has 0 bridgehead atoms. The molecule has 150 valence electrons. The maximum Gasteiger partial charge on any atom is 0.191 e. The van der Waals surface area contributed by atoms with Gasteiger partial charge in [0.1, 0.15) is 5.76 Å². The zero-order valence-electron chi connectivity index (χ0n) is 16.8. The third-order valence-corrected chi connectivity index (χ3v) is 4.81. The van der Waals surface area contributed by atoms with Crippen LogP contribution in [0.3, 0.4) is 0 Å². The fourth-order valence-electron chi connectivity index (χ4n) is 3.46. The first-order valence-electron chi connectivity index (χ1n) is 9.92. The minimum atomic E-state index is 0. The number of rotatable bonds is 9. The van der Waals surface area contributed by atoms with E-state index >= 15 is 0 Å². The predicted octanol–water partition coefficient (Wildman–Crippen LogP) is 3.20. The molecule has 26 heavy (non-hydrogen) atoms. The summed E-state index contributed by atoms with van der Waals surface area (Å²) in [5, 5.41) is 11.1. The summed E-state index contributed by atoms with van der Waals surface area (Å²) in [6.07, 6.45) is 4.26. The number of hydrogen-bond donors (Lipinski definition) is 2. The molecule has 1 saturated heterocycles. The van der Waals surface area contributed by atoms with Crippen LogP contribution in [0.5, 0.6) is 0 Å². The second kappa shape index (κ2) is 12.5. The number of aromatic nitrogens is 1. The molecular formula is C19H36IN5O. The number of hydrogen-bond acceptors (Lipinski definition) is 4. The van der Waals surface area contributed by atoms with Crippen molar-refractivity contribution in [3.63, 3.8) is 0 Å². The van der Waals surface area contributed by atoms with E-state index in [1.165, 1.54) is 32.5 Å². The van der Waals surface area contributed by atoms with E-state index in [2.05, 4.69) is 48.4 Å². The molecule has 0 aromatic carbocycles. The summed E-state index contributed by atoms with van der Waals surface area (Å²) in [4.78, 5) is 7.33. The summed E-state index contributed by atoms with van der Waals surface area (Å²) in [6.45, 7) is 14.7. The number of likely N-dealkylation sites (tertiary alicyclic amines) is 1. The average molecular weight is 477 g/mol. The molecule has 1 aromatic heterocycles. The first kappa shape index (κ1) is 23.2. The molecule has 1 aliphatic heterocycles. The summed E-state index contributed by atoms with van der Waals surface area (Å²) in [6, 6.07) is 0. The van der Waals surface area contributed by atoms with Crippen LogP contribution in [0.2, 0.25) is 0 Å². The lowest BCUT2D eigenvalue weighted by Crippen LogP contribution is -2.40. The first-order valence-corrected chi connectivity index (χ1v) is 9.92. The van der Waals surface area contributed by atoms with Gasteiger partial charge in [-0.1, -0.05) is 25.9 Å². The smallest absolute Gasteiger partial charge is 0.191 e. The topological polar surface area (TPSA) is 65.7 Å². The number of nitrogens with zero attached hydrogens (tertiary/aromatic N) is 3. The van der Waals surface area contributed by atoms with Crippen molar-refractivity contribution < 1.29 is 4.52 Å². The molecule has 0 aliphatic carbocycles. The van der Waals surface area contributed by atoms with Gasteiger partial charge in [0.25, 0.3) is 0 Å². The van der Waals surface area contributed by atoms with Gasteiger partial charge in [0.05, 0.1) is 12.2 Å². The van der Waals surface area contributed by atoms with Gasteiger partial charge in [0.2, 0.25) is 0 Å². The van der Waals surface area contributed by atoms with Crippen molar-refractivity contribution in [1.29, 1.82) is 0 Å². The molecule has 1 aliphatic rings. The molecule has 1 aromatic rings. The van der Waals surface area contributed by atoms with Crippen LogP contribution in [-0.4, -0.2) is 48.7 Å². The number of guanidine groups is 1. The van der Waals surface area contributed by atoms with Crippen molar-refractivity contribution in [2.75, 3.05) is 32.7 Å². The maximum absolute atomic E-state index is 5.44. The van der Waals surface area contributed by atoms with Crippen molar-refractivity contribution in [1.82, 2.24) is 20.7 Å². The maximum atomic E-state index is 5.44. The van der Waals surface area contributed by atoms with Gasteiger partial charge >= 0.3 is 0 Å². The third kappa shape index (κ3) is 6.72. The van der Waals surface area contributed by atoms with E-state index in [-0.39, 0.29) is 24.0 Å². The Morgan fingerprint density at radius 2 is 2.04 bits per heavy atom. The minimum Gasteiger partial charge on any atom is -0.361 e.